The number of alkyl halides is 3. The number of benzene rings is 2. The van der Waals surface area contributed by atoms with Crippen molar-refractivity contribution in [1.29, 1.82) is 0 Å². The molecule has 0 radical (unpaired) electrons. The van der Waals surface area contributed by atoms with E-state index in [0.29, 0.717) is 24.3 Å². The molecule has 1 aliphatic rings. The van der Waals surface area contributed by atoms with Crippen LogP contribution >= 0.6 is 11.3 Å². The van der Waals surface area contributed by atoms with Crippen LogP contribution in [0, 0.1) is 11.7 Å². The fourth-order valence-electron chi connectivity index (χ4n) is 2.81. The van der Waals surface area contributed by atoms with E-state index < -0.39 is 6.36 Å². The van der Waals surface area contributed by atoms with Gasteiger partial charge in [0.15, 0.2) is 5.13 Å². The van der Waals surface area contributed by atoms with Crippen LogP contribution in [0.1, 0.15) is 0 Å². The molecule has 10 heteroatoms. The molecule has 4 rings (SSSR count). The van der Waals surface area contributed by atoms with E-state index in [4.69, 9.17) is 0 Å². The van der Waals surface area contributed by atoms with Crippen molar-refractivity contribution in [3.8, 4) is 5.75 Å². The summed E-state index contributed by atoms with van der Waals surface area (Å²) in [4.78, 5) is 18.6. The number of carbonyl (C=O) groups is 1. The van der Waals surface area contributed by atoms with Crippen molar-refractivity contribution in [2.24, 2.45) is 5.92 Å². The molecule has 0 saturated carbocycles. The summed E-state index contributed by atoms with van der Waals surface area (Å²) in [6, 6.07) is 9.35. The number of nitrogens with zero attached hydrogens (tertiary/aromatic N) is 2. The van der Waals surface area contributed by atoms with Crippen molar-refractivity contribution in [1.82, 2.24) is 4.98 Å². The lowest BCUT2D eigenvalue weighted by Crippen LogP contribution is -2.52. The second kappa shape index (κ2) is 6.93. The van der Waals surface area contributed by atoms with Gasteiger partial charge in [-0.3, -0.25) is 4.79 Å². The summed E-state index contributed by atoms with van der Waals surface area (Å²) in [5.74, 6) is -1.18. The maximum atomic E-state index is 13.3. The number of carbonyl (C=O) groups excluding carboxylic acids is 1. The van der Waals surface area contributed by atoms with E-state index in [1.165, 1.54) is 35.6 Å². The van der Waals surface area contributed by atoms with E-state index in [1.54, 1.807) is 6.07 Å². The molecule has 1 aliphatic heterocycles. The van der Waals surface area contributed by atoms with Crippen molar-refractivity contribution in [3.05, 3.63) is 48.3 Å². The fraction of sp³-hybridized carbons (Fsp3) is 0.222. The Kier molecular flexibility index (Phi) is 4.58. The molecule has 0 unspecified atom stereocenters. The van der Waals surface area contributed by atoms with Gasteiger partial charge in [0.1, 0.15) is 11.6 Å². The number of rotatable bonds is 4. The van der Waals surface area contributed by atoms with Crippen molar-refractivity contribution in [2.45, 2.75) is 6.36 Å². The Morgan fingerprint density at radius 2 is 1.89 bits per heavy atom. The van der Waals surface area contributed by atoms with Crippen LogP contribution in [0.5, 0.6) is 5.75 Å². The third-order valence-electron chi connectivity index (χ3n) is 4.22. The molecule has 1 aromatic heterocycles. The van der Waals surface area contributed by atoms with Crippen LogP contribution < -0.4 is 15.0 Å². The number of ether oxygens (including phenoxy) is 1. The molecular formula is C18H13F4N3O2S. The number of aromatic nitrogens is 1. The summed E-state index contributed by atoms with van der Waals surface area (Å²) in [6.07, 6.45) is -4.76. The molecule has 2 aromatic carbocycles. The lowest BCUT2D eigenvalue weighted by Gasteiger charge is -2.37. The summed E-state index contributed by atoms with van der Waals surface area (Å²) in [6.45, 7) is 0.923. The molecule has 2 heterocycles. The zero-order valence-corrected chi connectivity index (χ0v) is 15.0. The number of thiazole rings is 1. The minimum atomic E-state index is -4.76. The second-order valence-corrected chi connectivity index (χ2v) is 7.28. The topological polar surface area (TPSA) is 54.5 Å². The van der Waals surface area contributed by atoms with Crippen LogP contribution in [0.15, 0.2) is 42.5 Å². The summed E-state index contributed by atoms with van der Waals surface area (Å²) in [5, 5.41) is 3.39. The smallest absolute Gasteiger partial charge is 0.406 e. The first kappa shape index (κ1) is 18.5. The van der Waals surface area contributed by atoms with Crippen LogP contribution in [0.25, 0.3) is 10.2 Å². The zero-order chi connectivity index (χ0) is 19.9. The molecule has 1 saturated heterocycles. The van der Waals surface area contributed by atoms with Gasteiger partial charge in [-0.15, -0.1) is 13.2 Å². The van der Waals surface area contributed by atoms with Crippen LogP contribution in [0.4, 0.5) is 28.4 Å². The molecule has 1 fully saturated rings. The van der Waals surface area contributed by atoms with Gasteiger partial charge in [0.25, 0.3) is 0 Å². The average Bonchev–Trinajstić information content (AvgIpc) is 2.96. The number of nitrogens with one attached hydrogen (secondary N) is 1. The van der Waals surface area contributed by atoms with Crippen LogP contribution in [0.3, 0.4) is 0 Å². The molecule has 0 atom stereocenters. The van der Waals surface area contributed by atoms with Gasteiger partial charge in [-0.05, 0) is 42.5 Å². The molecular weight excluding hydrogens is 398 g/mol. The predicted molar refractivity (Wildman–Crippen MR) is 97.0 cm³/mol. The van der Waals surface area contributed by atoms with E-state index in [-0.39, 0.29) is 23.4 Å². The highest BCUT2D eigenvalue weighted by atomic mass is 32.1. The molecule has 28 heavy (non-hydrogen) atoms. The second-order valence-electron chi connectivity index (χ2n) is 6.27. The highest BCUT2D eigenvalue weighted by molar-refractivity contribution is 7.22. The monoisotopic (exact) mass is 411 g/mol. The lowest BCUT2D eigenvalue weighted by molar-refractivity contribution is -0.274. The Labute approximate surface area is 160 Å². The standard InChI is InChI=1S/C18H13F4N3O2S/c19-11-1-6-14-15(7-11)28-17(24-14)25-8-10(9-25)16(26)23-12-2-4-13(5-3-12)27-18(20,21)22/h1-7,10H,8-9H2,(H,23,26). The van der Waals surface area contributed by atoms with Crippen molar-refractivity contribution < 1.29 is 27.1 Å². The normalized spacial score (nSPS) is 14.8. The Morgan fingerprint density at radius 1 is 1.18 bits per heavy atom. The minimum absolute atomic E-state index is 0.229. The van der Waals surface area contributed by atoms with E-state index in [2.05, 4.69) is 15.0 Å². The van der Waals surface area contributed by atoms with Crippen molar-refractivity contribution in [2.75, 3.05) is 23.3 Å². The fourth-order valence-corrected chi connectivity index (χ4v) is 3.82. The Balaban J connectivity index is 1.33. The number of halogens is 4. The first-order chi connectivity index (χ1) is 13.3. The highest BCUT2D eigenvalue weighted by Crippen LogP contribution is 2.33. The molecule has 1 amide bonds. The van der Waals surface area contributed by atoms with Gasteiger partial charge in [-0.2, -0.15) is 0 Å². The largest absolute Gasteiger partial charge is 0.573 e. The summed E-state index contributed by atoms with van der Waals surface area (Å²) in [5.41, 5.74) is 1.09. The van der Waals surface area contributed by atoms with Crippen LogP contribution in [-0.2, 0) is 4.79 Å². The first-order valence-corrected chi connectivity index (χ1v) is 9.06. The van der Waals surface area contributed by atoms with Gasteiger partial charge < -0.3 is 15.0 Å². The van der Waals surface area contributed by atoms with Crippen molar-refractivity contribution in [3.63, 3.8) is 0 Å². The van der Waals surface area contributed by atoms with E-state index in [9.17, 15) is 22.4 Å². The first-order valence-electron chi connectivity index (χ1n) is 8.24. The number of hydrogen-bond donors (Lipinski definition) is 1. The van der Waals surface area contributed by atoms with Gasteiger partial charge in [0.2, 0.25) is 5.91 Å². The van der Waals surface area contributed by atoms with E-state index in [1.807, 2.05) is 4.90 Å². The minimum Gasteiger partial charge on any atom is -0.406 e. The third-order valence-corrected chi connectivity index (χ3v) is 5.30. The van der Waals surface area contributed by atoms with Crippen LogP contribution in [0.2, 0.25) is 0 Å². The summed E-state index contributed by atoms with van der Waals surface area (Å²) >= 11 is 1.36. The molecule has 0 aliphatic carbocycles. The molecule has 146 valence electrons. The summed E-state index contributed by atoms with van der Waals surface area (Å²) in [7, 11) is 0. The Bertz CT molecular complexity index is 1010. The lowest BCUT2D eigenvalue weighted by atomic mass is 10.00. The van der Waals surface area contributed by atoms with E-state index in [0.717, 1.165) is 22.0 Å². The third kappa shape index (κ3) is 4.01. The van der Waals surface area contributed by atoms with Gasteiger partial charge in [0, 0.05) is 18.8 Å². The molecule has 0 bridgehead atoms. The quantitative estimate of drug-likeness (QED) is 0.647. The number of anilines is 2. The van der Waals surface area contributed by atoms with Crippen molar-refractivity contribution >= 4 is 38.3 Å². The Morgan fingerprint density at radius 3 is 2.57 bits per heavy atom. The molecule has 5 nitrogen and oxygen atoms in total. The number of hydrogen-bond acceptors (Lipinski definition) is 5. The van der Waals surface area contributed by atoms with Gasteiger partial charge in [-0.25, -0.2) is 9.37 Å². The maximum Gasteiger partial charge on any atom is 0.573 e. The van der Waals surface area contributed by atoms with Crippen LogP contribution in [-0.4, -0.2) is 30.3 Å². The SMILES string of the molecule is O=C(Nc1ccc(OC(F)(F)F)cc1)C1CN(c2nc3ccc(F)cc3s2)C1. The molecule has 3 aromatic rings. The van der Waals surface area contributed by atoms with Gasteiger partial charge in [0.05, 0.1) is 16.1 Å². The molecule has 1 N–H and O–H groups in total. The van der Waals surface area contributed by atoms with Gasteiger partial charge in [-0.1, -0.05) is 11.3 Å². The average molecular weight is 411 g/mol. The Hall–Kier alpha value is -2.88. The van der Waals surface area contributed by atoms with E-state index >= 15 is 0 Å². The zero-order valence-electron chi connectivity index (χ0n) is 14.2. The maximum absolute atomic E-state index is 13.3. The summed E-state index contributed by atoms with van der Waals surface area (Å²) < 4.78 is 54.3. The highest BCUT2D eigenvalue weighted by Gasteiger charge is 2.34. The van der Waals surface area contributed by atoms with Gasteiger partial charge >= 0.3 is 6.36 Å². The predicted octanol–water partition coefficient (Wildman–Crippen LogP) is 4.41. The molecule has 0 spiro atoms. The number of amides is 1. The number of fused-ring (bicyclic) bond motifs is 1.